The molecule has 1 N–H and O–H groups in total. The summed E-state index contributed by atoms with van der Waals surface area (Å²) in [4.78, 5) is 22.7. The van der Waals surface area contributed by atoms with Crippen LogP contribution in [0.2, 0.25) is 0 Å². The number of rotatable bonds is 6. The largest absolute Gasteiger partial charge is 0.479 e. The standard InChI is InChI=1S/C13H16O5.ClH/c1-3-17-12(16)13(2,11(14)15)18-9-10-7-5-4-6-8-10;/h4-8H,3,9H2,1-2H3,(H,14,15);1H. The number of ether oxygens (including phenoxy) is 2. The summed E-state index contributed by atoms with van der Waals surface area (Å²) in [6, 6.07) is 9.02. The minimum atomic E-state index is -1.98. The molecule has 0 aliphatic heterocycles. The highest BCUT2D eigenvalue weighted by molar-refractivity contribution is 6.02. The minimum Gasteiger partial charge on any atom is -0.479 e. The number of aliphatic carboxylic acids is 1. The maximum Gasteiger partial charge on any atom is 0.349 e. The molecule has 0 amide bonds. The zero-order chi connectivity index (χ0) is 13.6. The van der Waals surface area contributed by atoms with E-state index in [1.54, 1.807) is 31.2 Å². The van der Waals surface area contributed by atoms with Crippen molar-refractivity contribution < 1.29 is 24.2 Å². The SMILES string of the molecule is CCOC(=O)C(C)(OCc1ccccc1)C(=O)O.Cl. The number of hydrogen-bond donors (Lipinski definition) is 1. The molecular weight excluding hydrogens is 272 g/mol. The van der Waals surface area contributed by atoms with Crippen molar-refractivity contribution in [3.05, 3.63) is 35.9 Å². The number of benzene rings is 1. The van der Waals surface area contributed by atoms with E-state index in [-0.39, 0.29) is 25.6 Å². The summed E-state index contributed by atoms with van der Waals surface area (Å²) in [5, 5.41) is 9.08. The smallest absolute Gasteiger partial charge is 0.349 e. The first-order valence-electron chi connectivity index (χ1n) is 5.59. The molecular formula is C13H17ClO5. The van der Waals surface area contributed by atoms with Crippen LogP contribution in [0.25, 0.3) is 0 Å². The molecule has 106 valence electrons. The molecule has 0 aliphatic carbocycles. The minimum absolute atomic E-state index is 0. The molecule has 6 heteroatoms. The second-order valence-corrected chi connectivity index (χ2v) is 3.83. The van der Waals surface area contributed by atoms with E-state index in [0.29, 0.717) is 0 Å². The number of carboxylic acids is 1. The Morgan fingerprint density at radius 3 is 2.32 bits per heavy atom. The van der Waals surface area contributed by atoms with Crippen LogP contribution in [0.1, 0.15) is 19.4 Å². The third-order valence-electron chi connectivity index (χ3n) is 2.44. The highest BCUT2D eigenvalue weighted by Gasteiger charge is 2.44. The van der Waals surface area contributed by atoms with Crippen LogP contribution in [0.15, 0.2) is 30.3 Å². The number of halogens is 1. The summed E-state index contributed by atoms with van der Waals surface area (Å²) >= 11 is 0. The summed E-state index contributed by atoms with van der Waals surface area (Å²) in [6.45, 7) is 2.94. The van der Waals surface area contributed by atoms with Crippen LogP contribution in [0.3, 0.4) is 0 Å². The third kappa shape index (κ3) is 4.54. The lowest BCUT2D eigenvalue weighted by molar-refractivity contribution is -0.186. The molecule has 1 aromatic carbocycles. The van der Waals surface area contributed by atoms with Crippen LogP contribution in [0, 0.1) is 0 Å². The second kappa shape index (κ2) is 7.76. The third-order valence-corrected chi connectivity index (χ3v) is 2.44. The molecule has 0 radical (unpaired) electrons. The van der Waals surface area contributed by atoms with Gasteiger partial charge in [-0.25, -0.2) is 9.59 Å². The second-order valence-electron chi connectivity index (χ2n) is 3.83. The predicted octanol–water partition coefficient (Wildman–Crippen LogP) is 2.03. The Labute approximate surface area is 117 Å². The van der Waals surface area contributed by atoms with E-state index in [9.17, 15) is 9.59 Å². The zero-order valence-corrected chi connectivity index (χ0v) is 11.6. The van der Waals surface area contributed by atoms with Crippen molar-refractivity contribution in [2.45, 2.75) is 26.1 Å². The first-order chi connectivity index (χ1) is 8.50. The van der Waals surface area contributed by atoms with Crippen molar-refractivity contribution in [1.29, 1.82) is 0 Å². The Kier molecular flexibility index (Phi) is 7.11. The van der Waals surface area contributed by atoms with Gasteiger partial charge in [0.25, 0.3) is 5.60 Å². The molecule has 0 heterocycles. The fourth-order valence-electron chi connectivity index (χ4n) is 1.28. The number of carboxylic acid groups (broad SMARTS) is 1. The van der Waals surface area contributed by atoms with Crippen LogP contribution in [-0.2, 0) is 25.7 Å². The van der Waals surface area contributed by atoms with E-state index in [1.165, 1.54) is 6.92 Å². The van der Waals surface area contributed by atoms with Crippen LogP contribution in [0.5, 0.6) is 0 Å². The van der Waals surface area contributed by atoms with E-state index in [1.807, 2.05) is 6.07 Å². The van der Waals surface area contributed by atoms with Crippen LogP contribution in [0.4, 0.5) is 0 Å². The molecule has 19 heavy (non-hydrogen) atoms. The van der Waals surface area contributed by atoms with Gasteiger partial charge in [-0.2, -0.15) is 0 Å². The topological polar surface area (TPSA) is 72.8 Å². The van der Waals surface area contributed by atoms with E-state index in [4.69, 9.17) is 14.6 Å². The van der Waals surface area contributed by atoms with Crippen LogP contribution >= 0.6 is 12.4 Å². The van der Waals surface area contributed by atoms with Crippen LogP contribution in [-0.4, -0.2) is 29.3 Å². The Hall–Kier alpha value is -1.59. The Morgan fingerprint density at radius 2 is 1.84 bits per heavy atom. The van der Waals surface area contributed by atoms with Crippen molar-refractivity contribution in [3.8, 4) is 0 Å². The fraction of sp³-hybridized carbons (Fsp3) is 0.385. The predicted molar refractivity (Wildman–Crippen MR) is 71.2 cm³/mol. The first-order valence-corrected chi connectivity index (χ1v) is 5.59. The molecule has 1 rings (SSSR count). The number of carbonyl (C=O) groups is 2. The summed E-state index contributed by atoms with van der Waals surface area (Å²) < 4.78 is 9.93. The van der Waals surface area contributed by atoms with Crippen LogP contribution < -0.4 is 0 Å². The number of hydrogen-bond acceptors (Lipinski definition) is 4. The van der Waals surface area contributed by atoms with E-state index in [0.717, 1.165) is 5.56 Å². The summed E-state index contributed by atoms with van der Waals surface area (Å²) in [7, 11) is 0. The zero-order valence-electron chi connectivity index (χ0n) is 10.8. The number of esters is 1. The van der Waals surface area contributed by atoms with Gasteiger partial charge < -0.3 is 14.6 Å². The van der Waals surface area contributed by atoms with Gasteiger partial charge >= 0.3 is 11.9 Å². The lowest BCUT2D eigenvalue weighted by atomic mass is 10.1. The van der Waals surface area contributed by atoms with Gasteiger partial charge in [-0.05, 0) is 19.4 Å². The molecule has 1 unspecified atom stereocenters. The highest BCUT2D eigenvalue weighted by atomic mass is 35.5. The molecule has 5 nitrogen and oxygen atoms in total. The quantitative estimate of drug-likeness (QED) is 0.640. The number of carbonyl (C=O) groups excluding carboxylic acids is 1. The average molecular weight is 289 g/mol. The van der Waals surface area contributed by atoms with Crippen molar-refractivity contribution in [3.63, 3.8) is 0 Å². The monoisotopic (exact) mass is 288 g/mol. The lowest BCUT2D eigenvalue weighted by Crippen LogP contribution is -2.47. The normalized spacial score (nSPS) is 12.9. The highest BCUT2D eigenvalue weighted by Crippen LogP contribution is 2.16. The molecule has 0 saturated heterocycles. The van der Waals surface area contributed by atoms with Gasteiger partial charge in [-0.1, -0.05) is 30.3 Å². The van der Waals surface area contributed by atoms with Gasteiger partial charge in [-0.3, -0.25) is 0 Å². The van der Waals surface area contributed by atoms with Crippen molar-refractivity contribution in [2.75, 3.05) is 6.61 Å². The fourth-order valence-corrected chi connectivity index (χ4v) is 1.28. The average Bonchev–Trinajstić information content (AvgIpc) is 2.37. The van der Waals surface area contributed by atoms with Gasteiger partial charge in [-0.15, -0.1) is 12.4 Å². The molecule has 0 aromatic heterocycles. The molecule has 0 bridgehead atoms. The van der Waals surface area contributed by atoms with E-state index < -0.39 is 17.5 Å². The first kappa shape index (κ1) is 17.4. The van der Waals surface area contributed by atoms with Gasteiger partial charge in [0, 0.05) is 0 Å². The van der Waals surface area contributed by atoms with Crippen molar-refractivity contribution >= 4 is 24.3 Å². The Bertz CT molecular complexity index is 420. The van der Waals surface area contributed by atoms with Gasteiger partial charge in [0.15, 0.2) is 0 Å². The van der Waals surface area contributed by atoms with Gasteiger partial charge in [0.05, 0.1) is 13.2 Å². The van der Waals surface area contributed by atoms with Gasteiger partial charge in [0.2, 0.25) is 0 Å². The molecule has 1 aromatic rings. The molecule has 0 spiro atoms. The molecule has 0 fully saturated rings. The summed E-state index contributed by atoms with van der Waals surface area (Å²) in [5.74, 6) is -2.26. The molecule has 0 aliphatic rings. The summed E-state index contributed by atoms with van der Waals surface area (Å²) in [5.41, 5.74) is -1.19. The molecule has 1 atom stereocenters. The Balaban J connectivity index is 0.00000324. The van der Waals surface area contributed by atoms with Crippen molar-refractivity contribution in [1.82, 2.24) is 0 Å². The van der Waals surface area contributed by atoms with Crippen molar-refractivity contribution in [2.24, 2.45) is 0 Å². The molecule has 0 saturated carbocycles. The maximum absolute atomic E-state index is 11.6. The maximum atomic E-state index is 11.6. The lowest BCUT2D eigenvalue weighted by Gasteiger charge is -2.22. The van der Waals surface area contributed by atoms with E-state index in [2.05, 4.69) is 0 Å². The van der Waals surface area contributed by atoms with Gasteiger partial charge in [0.1, 0.15) is 0 Å². The summed E-state index contributed by atoms with van der Waals surface area (Å²) in [6.07, 6.45) is 0. The van der Waals surface area contributed by atoms with E-state index >= 15 is 0 Å². The Morgan fingerprint density at radius 1 is 1.26 bits per heavy atom.